The summed E-state index contributed by atoms with van der Waals surface area (Å²) in [5.41, 5.74) is 1.37. The van der Waals surface area contributed by atoms with Gasteiger partial charge in [-0.2, -0.15) is 12.6 Å². The van der Waals surface area contributed by atoms with Crippen LogP contribution in [-0.2, 0) is 5.75 Å². The van der Waals surface area contributed by atoms with Gasteiger partial charge in [-0.05, 0) is 36.5 Å². The molecule has 0 atom stereocenters. The third kappa shape index (κ3) is 2.81. The van der Waals surface area contributed by atoms with E-state index < -0.39 is 0 Å². The molecule has 1 rings (SSSR count). The van der Waals surface area contributed by atoms with Crippen LogP contribution in [0.2, 0.25) is 0 Å². The van der Waals surface area contributed by atoms with Crippen molar-refractivity contribution in [3.8, 4) is 0 Å². The van der Waals surface area contributed by atoms with E-state index >= 15 is 0 Å². The van der Waals surface area contributed by atoms with Gasteiger partial charge in [0.15, 0.2) is 0 Å². The highest BCUT2D eigenvalue weighted by Gasteiger charge is 2.08. The van der Waals surface area contributed by atoms with E-state index in [4.69, 9.17) is 0 Å². The number of thiol groups is 1. The third-order valence-electron chi connectivity index (χ3n) is 1.98. The molecule has 4 heteroatoms. The Bertz CT molecular complexity index is 284. The van der Waals surface area contributed by atoms with Crippen LogP contribution in [-0.4, -0.2) is 18.8 Å². The van der Waals surface area contributed by atoms with E-state index in [-0.39, 0.29) is 0 Å². The molecule has 0 unspecified atom stereocenters. The van der Waals surface area contributed by atoms with Crippen molar-refractivity contribution in [2.45, 2.75) is 20.4 Å². The van der Waals surface area contributed by atoms with E-state index in [1.165, 1.54) is 20.2 Å². The number of rotatable bonds is 4. The Morgan fingerprint density at radius 3 is 1.79 bits per heavy atom. The maximum Gasteiger partial charge on any atom is 0.0176 e. The Morgan fingerprint density at radius 2 is 1.50 bits per heavy atom. The summed E-state index contributed by atoms with van der Waals surface area (Å²) in [4.78, 5) is 4.05. The molecule has 0 fully saturated rings. The van der Waals surface area contributed by atoms with E-state index in [1.54, 1.807) is 35.3 Å². The number of benzene rings is 1. The summed E-state index contributed by atoms with van der Waals surface area (Å²) in [5.74, 6) is 0.820. The molecule has 0 saturated carbocycles. The topological polar surface area (TPSA) is 0 Å². The summed E-state index contributed by atoms with van der Waals surface area (Å²) < 4.78 is 0. The van der Waals surface area contributed by atoms with Gasteiger partial charge in [0.05, 0.1) is 0 Å². The van der Waals surface area contributed by atoms with Crippen LogP contribution in [0.15, 0.2) is 26.8 Å². The molecule has 0 heterocycles. The van der Waals surface area contributed by atoms with Gasteiger partial charge in [-0.1, -0.05) is 0 Å². The largest absolute Gasteiger partial charge is 0.174 e. The number of hydrogen-bond donors (Lipinski definition) is 1. The average molecular weight is 262 g/mol. The van der Waals surface area contributed by atoms with E-state index in [0.717, 1.165) is 5.75 Å². The standard InChI is InChI=1S/C10H14S4/c1-12-7-4-9(13-2)8(6-11)10(5-7)14-3/h4-5,11H,6H2,1-3H3. The maximum absolute atomic E-state index is 4.39. The fourth-order valence-corrected chi connectivity index (χ4v) is 3.82. The molecular weight excluding hydrogens is 248 g/mol. The summed E-state index contributed by atoms with van der Waals surface area (Å²) in [6.07, 6.45) is 6.36. The fourth-order valence-electron chi connectivity index (χ4n) is 1.23. The summed E-state index contributed by atoms with van der Waals surface area (Å²) >= 11 is 9.79. The molecule has 0 N–H and O–H groups in total. The SMILES string of the molecule is CSc1cc(SC)c(CS)c(SC)c1. The fraction of sp³-hybridized carbons (Fsp3) is 0.400. The second kappa shape index (κ2) is 6.26. The average Bonchev–Trinajstić information content (AvgIpc) is 2.26. The molecule has 0 aromatic heterocycles. The lowest BCUT2D eigenvalue weighted by Gasteiger charge is -2.11. The minimum atomic E-state index is 0.820. The summed E-state index contributed by atoms with van der Waals surface area (Å²) in [7, 11) is 0. The number of hydrogen-bond acceptors (Lipinski definition) is 4. The first kappa shape index (κ1) is 12.7. The van der Waals surface area contributed by atoms with E-state index in [1.807, 2.05) is 0 Å². The molecular formula is C10H14S4. The predicted molar refractivity (Wildman–Crippen MR) is 74.5 cm³/mol. The lowest BCUT2D eigenvalue weighted by Crippen LogP contribution is -1.89. The van der Waals surface area contributed by atoms with Gasteiger partial charge in [0, 0.05) is 20.4 Å². The Labute approximate surface area is 104 Å². The normalized spacial score (nSPS) is 10.6. The first-order valence-corrected chi connectivity index (χ1v) is 8.47. The first-order valence-electron chi connectivity index (χ1n) is 4.16. The summed E-state index contributed by atoms with van der Waals surface area (Å²) in [6, 6.07) is 4.50. The van der Waals surface area contributed by atoms with Crippen molar-refractivity contribution in [1.29, 1.82) is 0 Å². The monoisotopic (exact) mass is 262 g/mol. The Morgan fingerprint density at radius 1 is 1.00 bits per heavy atom. The van der Waals surface area contributed by atoms with Gasteiger partial charge < -0.3 is 0 Å². The zero-order valence-corrected chi connectivity index (χ0v) is 11.9. The minimum Gasteiger partial charge on any atom is -0.174 e. The highest BCUT2D eigenvalue weighted by Crippen LogP contribution is 2.34. The molecule has 1 aromatic rings. The molecule has 0 aliphatic carbocycles. The van der Waals surface area contributed by atoms with Gasteiger partial charge in [0.25, 0.3) is 0 Å². The van der Waals surface area contributed by atoms with Gasteiger partial charge in [-0.3, -0.25) is 0 Å². The molecule has 14 heavy (non-hydrogen) atoms. The van der Waals surface area contributed by atoms with Gasteiger partial charge in [0.2, 0.25) is 0 Å². The van der Waals surface area contributed by atoms with Crippen molar-refractivity contribution >= 4 is 47.9 Å². The molecule has 0 amide bonds. The van der Waals surface area contributed by atoms with Gasteiger partial charge in [-0.25, -0.2) is 0 Å². The van der Waals surface area contributed by atoms with Crippen molar-refractivity contribution in [3.05, 3.63) is 17.7 Å². The molecule has 0 aliphatic rings. The molecule has 0 bridgehead atoms. The van der Waals surface area contributed by atoms with Crippen molar-refractivity contribution in [1.82, 2.24) is 0 Å². The zero-order valence-electron chi connectivity index (χ0n) is 8.53. The van der Waals surface area contributed by atoms with E-state index in [2.05, 4.69) is 43.5 Å². The van der Waals surface area contributed by atoms with Crippen molar-refractivity contribution in [2.24, 2.45) is 0 Å². The molecule has 0 nitrogen and oxygen atoms in total. The van der Waals surface area contributed by atoms with Gasteiger partial charge in [0.1, 0.15) is 0 Å². The molecule has 0 spiro atoms. The summed E-state index contributed by atoms with van der Waals surface area (Å²) in [6.45, 7) is 0. The lowest BCUT2D eigenvalue weighted by molar-refractivity contribution is 1.12. The first-order chi connectivity index (χ1) is 6.76. The Kier molecular flexibility index (Phi) is 5.67. The van der Waals surface area contributed by atoms with Crippen LogP contribution in [0.5, 0.6) is 0 Å². The van der Waals surface area contributed by atoms with E-state index in [0.29, 0.717) is 0 Å². The van der Waals surface area contributed by atoms with Crippen molar-refractivity contribution < 1.29 is 0 Å². The van der Waals surface area contributed by atoms with Crippen LogP contribution in [0.4, 0.5) is 0 Å². The Balaban J connectivity index is 3.24. The van der Waals surface area contributed by atoms with Crippen molar-refractivity contribution in [3.63, 3.8) is 0 Å². The van der Waals surface area contributed by atoms with E-state index in [9.17, 15) is 0 Å². The van der Waals surface area contributed by atoms with Gasteiger partial charge in [-0.15, -0.1) is 35.3 Å². The second-order valence-electron chi connectivity index (χ2n) is 2.67. The highest BCUT2D eigenvalue weighted by molar-refractivity contribution is 8.00. The van der Waals surface area contributed by atoms with Crippen LogP contribution in [0.1, 0.15) is 5.56 Å². The van der Waals surface area contributed by atoms with Crippen LogP contribution >= 0.6 is 47.9 Å². The van der Waals surface area contributed by atoms with Crippen LogP contribution in [0, 0.1) is 0 Å². The third-order valence-corrected chi connectivity index (χ3v) is 4.61. The molecule has 78 valence electrons. The minimum absolute atomic E-state index is 0.820. The highest BCUT2D eigenvalue weighted by atomic mass is 32.2. The van der Waals surface area contributed by atoms with Gasteiger partial charge >= 0.3 is 0 Å². The quantitative estimate of drug-likeness (QED) is 0.636. The van der Waals surface area contributed by atoms with Crippen LogP contribution in [0.25, 0.3) is 0 Å². The smallest absolute Gasteiger partial charge is 0.0176 e. The number of thioether (sulfide) groups is 3. The van der Waals surface area contributed by atoms with Crippen LogP contribution < -0.4 is 0 Å². The van der Waals surface area contributed by atoms with Crippen molar-refractivity contribution in [2.75, 3.05) is 18.8 Å². The molecule has 0 radical (unpaired) electrons. The molecule has 0 saturated heterocycles. The maximum atomic E-state index is 4.39. The second-order valence-corrected chi connectivity index (χ2v) is 5.56. The Hall–Kier alpha value is 0.620. The lowest BCUT2D eigenvalue weighted by atomic mass is 10.2. The zero-order chi connectivity index (χ0) is 10.6. The summed E-state index contributed by atoms with van der Waals surface area (Å²) in [5, 5.41) is 0. The predicted octanol–water partition coefficient (Wildman–Crippen LogP) is 4.28. The molecule has 0 aliphatic heterocycles. The molecule has 1 aromatic carbocycles. The van der Waals surface area contributed by atoms with Crippen LogP contribution in [0.3, 0.4) is 0 Å².